The number of aliphatic hydroxyl groups is 2. The standard InChI is InChI=1S/C44H62O13/c1-21-13-27-5-7-31-22(2)14-29(50-31)9-10-44-19-36-38(56-44)39-40(55-36)41(57-44)37-32(54-39)8-6-28(52-37)15-25(45)16-30-24(4)33(53-35(30)18-34(51-27)23(21)3)17-26(46)20-49-42(47)43(48)11-12-43/h21,24,26-41,46,48H,2-3,5-20H2,1,4H3/t21-,24-,26+,27+,28-,29+,30-,31+,32+,33-,34-,35+,36-,37+,38+,39+,40-,41+,44+/m1/s1. The molecule has 12 bridgehead atoms. The predicted octanol–water partition coefficient (Wildman–Crippen LogP) is 4.17. The van der Waals surface area contributed by atoms with Gasteiger partial charge in [-0.2, -0.15) is 0 Å². The number of ketones is 1. The summed E-state index contributed by atoms with van der Waals surface area (Å²) in [7, 11) is 0. The van der Waals surface area contributed by atoms with Gasteiger partial charge < -0.3 is 52.8 Å². The van der Waals surface area contributed by atoms with Gasteiger partial charge in [0.1, 0.15) is 42.9 Å². The van der Waals surface area contributed by atoms with Gasteiger partial charge in [-0.3, -0.25) is 4.79 Å². The highest BCUT2D eigenvalue weighted by molar-refractivity contribution is 5.82. The summed E-state index contributed by atoms with van der Waals surface area (Å²) in [6, 6.07) is 0. The highest BCUT2D eigenvalue weighted by Crippen LogP contribution is 2.54. The molecule has 10 saturated heterocycles. The number of carbonyl (C=O) groups is 2. The SMILES string of the molecule is C=C1C[C@@H]2CC[C@@]34C[C@H]5O[C@H]6[C@@H](O3)[C@H]3O[C@H](CC[C@@H]3O[C@H]6[C@H]5O4)CC(=O)C[C@@H]3[C@@H](C)[C@@H](C[C@H](O)COC(=O)C4(O)CC4)O[C@H]3C[C@H]3O[C@@H](CC[C@@H]1O2)C[C@@H](C)C3=C. The third kappa shape index (κ3) is 7.41. The van der Waals surface area contributed by atoms with Crippen molar-refractivity contribution in [3.8, 4) is 0 Å². The molecule has 0 aromatic heterocycles. The third-order valence-corrected chi connectivity index (χ3v) is 15.4. The van der Waals surface area contributed by atoms with Crippen LogP contribution in [0.5, 0.6) is 0 Å². The minimum atomic E-state index is -1.41. The summed E-state index contributed by atoms with van der Waals surface area (Å²) in [4.78, 5) is 26.4. The van der Waals surface area contributed by atoms with Crippen molar-refractivity contribution in [2.75, 3.05) is 6.61 Å². The van der Waals surface area contributed by atoms with E-state index in [1.54, 1.807) is 0 Å². The summed E-state index contributed by atoms with van der Waals surface area (Å²) in [5.74, 6) is -1.32. The lowest BCUT2D eigenvalue weighted by atomic mass is 9.78. The summed E-state index contributed by atoms with van der Waals surface area (Å²) in [6.07, 6.45) is 5.31. The Morgan fingerprint density at radius 1 is 0.772 bits per heavy atom. The van der Waals surface area contributed by atoms with Gasteiger partial charge in [0.05, 0.1) is 61.0 Å². The molecule has 0 aromatic rings. The number of hydrogen-bond acceptors (Lipinski definition) is 13. The molecule has 0 amide bonds. The number of Topliss-reactive ketones (excluding diaryl/α,β-unsaturated/α-hetero) is 1. The molecule has 0 aromatic carbocycles. The molecule has 13 heteroatoms. The van der Waals surface area contributed by atoms with Crippen LogP contribution in [-0.2, 0) is 52.2 Å². The fraction of sp³-hybridized carbons (Fsp3) is 0.864. The molecule has 2 N–H and O–H groups in total. The molecule has 0 unspecified atom stereocenters. The number of fused-ring (bicyclic) bond motifs is 6. The normalized spacial score (nSPS) is 50.6. The van der Waals surface area contributed by atoms with E-state index < -0.39 is 23.5 Å². The molecule has 11 rings (SSSR count). The van der Waals surface area contributed by atoms with Crippen LogP contribution in [0.25, 0.3) is 0 Å². The highest BCUT2D eigenvalue weighted by Gasteiger charge is 2.68. The fourth-order valence-corrected chi connectivity index (χ4v) is 11.9. The van der Waals surface area contributed by atoms with Gasteiger partial charge in [0, 0.05) is 38.5 Å². The van der Waals surface area contributed by atoms with E-state index in [9.17, 15) is 19.8 Å². The quantitative estimate of drug-likeness (QED) is 0.302. The first kappa shape index (κ1) is 39.4. The zero-order chi connectivity index (χ0) is 39.4. The molecule has 1 spiro atoms. The second-order valence-electron chi connectivity index (χ2n) is 19.5. The molecule has 19 atom stereocenters. The summed E-state index contributed by atoms with van der Waals surface area (Å²) < 4.78 is 59.4. The van der Waals surface area contributed by atoms with Crippen molar-refractivity contribution in [1.29, 1.82) is 0 Å². The van der Waals surface area contributed by atoms with Crippen LogP contribution < -0.4 is 0 Å². The third-order valence-electron chi connectivity index (χ3n) is 15.4. The van der Waals surface area contributed by atoms with Gasteiger partial charge in [-0.25, -0.2) is 4.79 Å². The Bertz CT molecular complexity index is 1600. The number of ether oxygens (including phenoxy) is 9. The molecule has 1 aliphatic carbocycles. The van der Waals surface area contributed by atoms with Crippen LogP contribution in [0.3, 0.4) is 0 Å². The first-order chi connectivity index (χ1) is 27.3. The lowest BCUT2D eigenvalue weighted by molar-refractivity contribution is -0.292. The van der Waals surface area contributed by atoms with Crippen molar-refractivity contribution >= 4 is 11.8 Å². The van der Waals surface area contributed by atoms with Gasteiger partial charge in [0.15, 0.2) is 11.4 Å². The molecule has 13 nitrogen and oxygen atoms in total. The van der Waals surface area contributed by atoms with Crippen molar-refractivity contribution in [3.63, 3.8) is 0 Å². The van der Waals surface area contributed by atoms with Crippen LogP contribution in [0, 0.1) is 17.8 Å². The summed E-state index contributed by atoms with van der Waals surface area (Å²) >= 11 is 0. The van der Waals surface area contributed by atoms with E-state index in [-0.39, 0.29) is 128 Å². The van der Waals surface area contributed by atoms with E-state index in [1.807, 2.05) is 0 Å². The molecule has 0 radical (unpaired) electrons. The minimum Gasteiger partial charge on any atom is -0.461 e. The molecular weight excluding hydrogens is 736 g/mol. The zero-order valence-corrected chi connectivity index (χ0v) is 33.5. The van der Waals surface area contributed by atoms with Gasteiger partial charge in [-0.05, 0) is 86.7 Å². The maximum Gasteiger partial charge on any atom is 0.338 e. The van der Waals surface area contributed by atoms with Crippen LogP contribution >= 0.6 is 0 Å². The minimum absolute atomic E-state index is 0.0201. The monoisotopic (exact) mass is 798 g/mol. The Morgan fingerprint density at radius 2 is 1.51 bits per heavy atom. The first-order valence-electron chi connectivity index (χ1n) is 22.1. The number of carbonyl (C=O) groups excluding carboxylic acids is 2. The summed E-state index contributed by atoms with van der Waals surface area (Å²) in [6.45, 7) is 13.0. The average molecular weight is 799 g/mol. The number of rotatable bonds is 5. The van der Waals surface area contributed by atoms with E-state index >= 15 is 0 Å². The van der Waals surface area contributed by atoms with Gasteiger partial charge >= 0.3 is 5.97 Å². The summed E-state index contributed by atoms with van der Waals surface area (Å²) in [5.41, 5.74) is 0.752. The topological polar surface area (TPSA) is 158 Å². The van der Waals surface area contributed by atoms with Crippen LogP contribution in [0.4, 0.5) is 0 Å². The second kappa shape index (κ2) is 15.0. The molecule has 10 aliphatic heterocycles. The van der Waals surface area contributed by atoms with E-state index in [1.165, 1.54) is 0 Å². The highest BCUT2D eigenvalue weighted by atomic mass is 16.8. The number of aliphatic hydroxyl groups excluding tert-OH is 1. The predicted molar refractivity (Wildman–Crippen MR) is 201 cm³/mol. The Kier molecular flexibility index (Phi) is 10.4. The maximum absolute atomic E-state index is 14.2. The largest absolute Gasteiger partial charge is 0.461 e. The molecule has 1 saturated carbocycles. The van der Waals surface area contributed by atoms with Crippen molar-refractivity contribution in [2.45, 2.75) is 213 Å². The average Bonchev–Trinajstić information content (AvgIpc) is 3.45. The van der Waals surface area contributed by atoms with Crippen molar-refractivity contribution < 1.29 is 62.4 Å². The van der Waals surface area contributed by atoms with Gasteiger partial charge in [0.25, 0.3) is 0 Å². The lowest BCUT2D eigenvalue weighted by Gasteiger charge is -2.47. The second-order valence-corrected chi connectivity index (χ2v) is 19.5. The van der Waals surface area contributed by atoms with Crippen LogP contribution in [0.2, 0.25) is 0 Å². The molecule has 316 valence electrons. The number of esters is 1. The fourth-order valence-electron chi connectivity index (χ4n) is 11.9. The zero-order valence-electron chi connectivity index (χ0n) is 33.5. The first-order valence-corrected chi connectivity index (χ1v) is 22.1. The van der Waals surface area contributed by atoms with Crippen molar-refractivity contribution in [1.82, 2.24) is 0 Å². The smallest absolute Gasteiger partial charge is 0.338 e. The van der Waals surface area contributed by atoms with E-state index in [0.717, 1.165) is 49.7 Å². The van der Waals surface area contributed by atoms with E-state index in [0.29, 0.717) is 44.9 Å². The van der Waals surface area contributed by atoms with Crippen LogP contribution in [-0.4, -0.2) is 132 Å². The summed E-state index contributed by atoms with van der Waals surface area (Å²) in [5, 5.41) is 21.1. The van der Waals surface area contributed by atoms with Crippen LogP contribution in [0.15, 0.2) is 24.3 Å². The number of hydrogen-bond donors (Lipinski definition) is 2. The van der Waals surface area contributed by atoms with Gasteiger partial charge in [-0.1, -0.05) is 27.0 Å². The molecule has 11 fully saturated rings. The molecule has 10 heterocycles. The molecular formula is C44H62O13. The Hall–Kier alpha value is -1.78. The Balaban J connectivity index is 0.889. The molecule has 11 aliphatic rings. The van der Waals surface area contributed by atoms with Gasteiger partial charge in [0.2, 0.25) is 0 Å². The van der Waals surface area contributed by atoms with Crippen molar-refractivity contribution in [3.05, 3.63) is 24.3 Å². The molecule has 57 heavy (non-hydrogen) atoms. The van der Waals surface area contributed by atoms with E-state index in [2.05, 4.69) is 27.0 Å². The van der Waals surface area contributed by atoms with Crippen molar-refractivity contribution in [2.24, 2.45) is 17.8 Å². The van der Waals surface area contributed by atoms with Gasteiger partial charge in [-0.15, -0.1) is 0 Å². The Morgan fingerprint density at radius 3 is 2.33 bits per heavy atom. The van der Waals surface area contributed by atoms with E-state index in [4.69, 9.17) is 42.6 Å². The van der Waals surface area contributed by atoms with Crippen LogP contribution in [0.1, 0.15) is 110 Å². The lowest BCUT2D eigenvalue weighted by Crippen LogP contribution is -2.61. The maximum atomic E-state index is 14.2. The Labute approximate surface area is 335 Å².